The Labute approximate surface area is 93.7 Å². The second-order valence-electron chi connectivity index (χ2n) is 3.55. The number of rotatable bonds is 4. The van der Waals surface area contributed by atoms with Gasteiger partial charge in [0.2, 0.25) is 0 Å². The number of hydrogen-bond donors (Lipinski definition) is 0. The third kappa shape index (κ3) is 3.26. The number of carbonyl (C=O) groups excluding carboxylic acids is 1. The molecule has 0 saturated carbocycles. The molecule has 14 heavy (non-hydrogen) atoms. The third-order valence-corrected chi connectivity index (χ3v) is 2.88. The molecule has 1 aromatic carbocycles. The number of ketones is 1. The minimum absolute atomic E-state index is 0.140. The number of carbonyl (C=O) groups is 1. The van der Waals surface area contributed by atoms with Crippen molar-refractivity contribution in [1.29, 1.82) is 0 Å². The maximum atomic E-state index is 11.4. The molecule has 1 aromatic rings. The molecule has 0 bridgehead atoms. The molecule has 0 saturated heterocycles. The number of benzene rings is 1. The molecule has 0 aliphatic heterocycles. The van der Waals surface area contributed by atoms with Gasteiger partial charge in [-0.3, -0.25) is 4.79 Å². The lowest BCUT2D eigenvalue weighted by atomic mass is 9.96. The summed E-state index contributed by atoms with van der Waals surface area (Å²) >= 11 is 3.39. The van der Waals surface area contributed by atoms with Crippen LogP contribution in [0.3, 0.4) is 0 Å². The molecule has 1 atom stereocenters. The quantitative estimate of drug-likeness (QED) is 0.803. The van der Waals surface area contributed by atoms with Crippen molar-refractivity contribution >= 4 is 21.7 Å². The van der Waals surface area contributed by atoms with Gasteiger partial charge in [-0.25, -0.2) is 0 Å². The van der Waals surface area contributed by atoms with Crippen LogP contribution in [0.15, 0.2) is 28.7 Å². The van der Waals surface area contributed by atoms with E-state index in [0.29, 0.717) is 12.2 Å². The van der Waals surface area contributed by atoms with Gasteiger partial charge in [0, 0.05) is 16.8 Å². The SMILES string of the molecule is CCC(=O)[C@@H](C)Cc1ccc(Br)cc1. The Kier molecular flexibility index (Phi) is 4.33. The van der Waals surface area contributed by atoms with Gasteiger partial charge in [-0.2, -0.15) is 0 Å². The standard InChI is InChI=1S/C12H15BrO/c1-3-12(14)9(2)8-10-4-6-11(13)7-5-10/h4-7,9H,3,8H2,1-2H3/t9-/m0/s1. The molecule has 0 unspecified atom stereocenters. The van der Waals surface area contributed by atoms with E-state index in [1.54, 1.807) is 0 Å². The fraction of sp³-hybridized carbons (Fsp3) is 0.417. The van der Waals surface area contributed by atoms with Gasteiger partial charge in [0.25, 0.3) is 0 Å². The molecular weight excluding hydrogens is 240 g/mol. The Balaban J connectivity index is 2.60. The highest BCUT2D eigenvalue weighted by atomic mass is 79.9. The van der Waals surface area contributed by atoms with Gasteiger partial charge in [0.15, 0.2) is 0 Å². The lowest BCUT2D eigenvalue weighted by Crippen LogP contribution is -2.12. The molecule has 0 aliphatic rings. The second kappa shape index (κ2) is 5.30. The first-order chi connectivity index (χ1) is 6.63. The first kappa shape index (κ1) is 11.4. The Bertz CT molecular complexity index is 303. The number of halogens is 1. The van der Waals surface area contributed by atoms with Crippen LogP contribution >= 0.6 is 15.9 Å². The summed E-state index contributed by atoms with van der Waals surface area (Å²) in [4.78, 5) is 11.4. The van der Waals surface area contributed by atoms with Crippen molar-refractivity contribution < 1.29 is 4.79 Å². The molecule has 0 aromatic heterocycles. The predicted molar refractivity (Wildman–Crippen MR) is 62.3 cm³/mol. The number of Topliss-reactive ketones (excluding diaryl/α,β-unsaturated/α-hetero) is 1. The smallest absolute Gasteiger partial charge is 0.135 e. The van der Waals surface area contributed by atoms with Gasteiger partial charge in [-0.05, 0) is 24.1 Å². The van der Waals surface area contributed by atoms with Crippen LogP contribution in [0, 0.1) is 5.92 Å². The molecule has 1 nitrogen and oxygen atoms in total. The van der Waals surface area contributed by atoms with E-state index >= 15 is 0 Å². The minimum atomic E-state index is 0.140. The molecule has 0 N–H and O–H groups in total. The Morgan fingerprint density at radius 3 is 2.43 bits per heavy atom. The lowest BCUT2D eigenvalue weighted by Gasteiger charge is -2.08. The zero-order chi connectivity index (χ0) is 10.6. The van der Waals surface area contributed by atoms with Gasteiger partial charge in [0.05, 0.1) is 0 Å². The Morgan fingerprint density at radius 2 is 1.93 bits per heavy atom. The van der Waals surface area contributed by atoms with Crippen molar-refractivity contribution in [2.45, 2.75) is 26.7 Å². The van der Waals surface area contributed by atoms with Crippen LogP contribution in [0.25, 0.3) is 0 Å². The van der Waals surface area contributed by atoms with E-state index in [0.717, 1.165) is 10.9 Å². The summed E-state index contributed by atoms with van der Waals surface area (Å²) < 4.78 is 1.08. The van der Waals surface area contributed by atoms with E-state index in [-0.39, 0.29) is 5.92 Å². The molecule has 0 spiro atoms. The Morgan fingerprint density at radius 1 is 1.36 bits per heavy atom. The van der Waals surface area contributed by atoms with Crippen LogP contribution in [-0.4, -0.2) is 5.78 Å². The van der Waals surface area contributed by atoms with Crippen molar-refractivity contribution in [2.24, 2.45) is 5.92 Å². The van der Waals surface area contributed by atoms with Crippen LogP contribution in [0.5, 0.6) is 0 Å². The largest absolute Gasteiger partial charge is 0.299 e. The summed E-state index contributed by atoms with van der Waals surface area (Å²) in [6, 6.07) is 8.14. The maximum absolute atomic E-state index is 11.4. The van der Waals surface area contributed by atoms with Crippen molar-refractivity contribution in [3.05, 3.63) is 34.3 Å². The second-order valence-corrected chi connectivity index (χ2v) is 4.47. The maximum Gasteiger partial charge on any atom is 0.135 e. The van der Waals surface area contributed by atoms with E-state index in [1.165, 1.54) is 5.56 Å². The van der Waals surface area contributed by atoms with E-state index in [2.05, 4.69) is 28.1 Å². The molecule has 0 fully saturated rings. The van der Waals surface area contributed by atoms with Crippen molar-refractivity contribution in [3.63, 3.8) is 0 Å². The zero-order valence-electron chi connectivity index (χ0n) is 8.59. The van der Waals surface area contributed by atoms with Crippen LogP contribution in [0.4, 0.5) is 0 Å². The van der Waals surface area contributed by atoms with Crippen LogP contribution < -0.4 is 0 Å². The van der Waals surface area contributed by atoms with E-state index in [1.807, 2.05) is 26.0 Å². The zero-order valence-corrected chi connectivity index (χ0v) is 10.2. The lowest BCUT2D eigenvalue weighted by molar-refractivity contribution is -0.122. The Hall–Kier alpha value is -0.630. The fourth-order valence-electron chi connectivity index (χ4n) is 1.44. The first-order valence-electron chi connectivity index (χ1n) is 4.90. The summed E-state index contributed by atoms with van der Waals surface area (Å²) in [7, 11) is 0. The van der Waals surface area contributed by atoms with Gasteiger partial charge in [0.1, 0.15) is 5.78 Å². The third-order valence-electron chi connectivity index (χ3n) is 2.35. The summed E-state index contributed by atoms with van der Waals surface area (Å²) in [5, 5.41) is 0. The monoisotopic (exact) mass is 254 g/mol. The van der Waals surface area contributed by atoms with E-state index in [4.69, 9.17) is 0 Å². The molecule has 76 valence electrons. The molecule has 2 heteroatoms. The van der Waals surface area contributed by atoms with Gasteiger partial charge >= 0.3 is 0 Å². The van der Waals surface area contributed by atoms with E-state index < -0.39 is 0 Å². The molecule has 0 aliphatic carbocycles. The van der Waals surface area contributed by atoms with Crippen LogP contribution in [0.1, 0.15) is 25.8 Å². The summed E-state index contributed by atoms with van der Waals surface area (Å²) in [6.45, 7) is 3.91. The highest BCUT2D eigenvalue weighted by molar-refractivity contribution is 9.10. The normalized spacial score (nSPS) is 12.5. The highest BCUT2D eigenvalue weighted by Gasteiger charge is 2.10. The van der Waals surface area contributed by atoms with Gasteiger partial charge in [-0.1, -0.05) is 41.9 Å². The minimum Gasteiger partial charge on any atom is -0.299 e. The fourth-order valence-corrected chi connectivity index (χ4v) is 1.70. The molecule has 0 heterocycles. The molecule has 1 rings (SSSR count). The van der Waals surface area contributed by atoms with E-state index in [9.17, 15) is 4.79 Å². The van der Waals surface area contributed by atoms with Crippen molar-refractivity contribution in [2.75, 3.05) is 0 Å². The molecule has 0 radical (unpaired) electrons. The van der Waals surface area contributed by atoms with Gasteiger partial charge in [-0.15, -0.1) is 0 Å². The molecular formula is C12H15BrO. The summed E-state index contributed by atoms with van der Waals surface area (Å²) in [6.07, 6.45) is 1.48. The van der Waals surface area contributed by atoms with Crippen molar-refractivity contribution in [1.82, 2.24) is 0 Å². The molecule has 0 amide bonds. The topological polar surface area (TPSA) is 17.1 Å². The summed E-state index contributed by atoms with van der Waals surface area (Å²) in [5.41, 5.74) is 1.22. The van der Waals surface area contributed by atoms with Crippen LogP contribution in [0.2, 0.25) is 0 Å². The highest BCUT2D eigenvalue weighted by Crippen LogP contribution is 2.14. The predicted octanol–water partition coefficient (Wildman–Crippen LogP) is 3.61. The number of hydrogen-bond acceptors (Lipinski definition) is 1. The summed E-state index contributed by atoms with van der Waals surface area (Å²) in [5.74, 6) is 0.481. The average Bonchev–Trinajstić information content (AvgIpc) is 2.20. The average molecular weight is 255 g/mol. The van der Waals surface area contributed by atoms with Gasteiger partial charge < -0.3 is 0 Å². The van der Waals surface area contributed by atoms with Crippen LogP contribution in [-0.2, 0) is 11.2 Å². The van der Waals surface area contributed by atoms with Crippen molar-refractivity contribution in [3.8, 4) is 0 Å². The first-order valence-corrected chi connectivity index (χ1v) is 5.70.